The molecule has 2 aliphatic heterocycles. The van der Waals surface area contributed by atoms with Crippen LogP contribution < -0.4 is 0 Å². The van der Waals surface area contributed by atoms with Gasteiger partial charge in [-0.05, 0) is 6.92 Å². The van der Waals surface area contributed by atoms with Gasteiger partial charge in [-0.2, -0.15) is 0 Å². The first-order valence-electron chi connectivity index (χ1n) is 6.34. The molecule has 2 heterocycles. The first kappa shape index (κ1) is 16.0. The number of hydrogen-bond acceptors (Lipinski definition) is 9. The minimum atomic E-state index is -1.56. The van der Waals surface area contributed by atoms with Crippen molar-refractivity contribution in [3.63, 3.8) is 0 Å². The predicted molar refractivity (Wildman–Crippen MR) is 61.2 cm³/mol. The normalized spacial score (nSPS) is 53.9. The Bertz CT molecular complexity index is 327. The molecular formula is C11H20O9. The van der Waals surface area contributed by atoms with Crippen molar-refractivity contribution in [1.82, 2.24) is 0 Å². The van der Waals surface area contributed by atoms with Crippen LogP contribution >= 0.6 is 0 Å². The van der Waals surface area contributed by atoms with Crippen LogP contribution in [-0.4, -0.2) is 92.6 Å². The minimum Gasteiger partial charge on any atom is -0.388 e. The molecule has 0 aliphatic carbocycles. The molecule has 2 saturated heterocycles. The highest BCUT2D eigenvalue weighted by Gasteiger charge is 2.46. The first-order chi connectivity index (χ1) is 9.32. The van der Waals surface area contributed by atoms with Gasteiger partial charge < -0.3 is 44.8 Å². The fourth-order valence-electron chi connectivity index (χ4n) is 2.26. The molecule has 0 amide bonds. The zero-order chi connectivity index (χ0) is 15.0. The molecule has 0 radical (unpaired) electrons. The molecule has 20 heavy (non-hydrogen) atoms. The molecule has 118 valence electrons. The van der Waals surface area contributed by atoms with E-state index in [-0.39, 0.29) is 6.61 Å². The third kappa shape index (κ3) is 2.96. The topological polar surface area (TPSA) is 149 Å². The average Bonchev–Trinajstić information content (AvgIpc) is 2.41. The van der Waals surface area contributed by atoms with Gasteiger partial charge in [0.1, 0.15) is 36.6 Å². The molecule has 2 aliphatic rings. The molecule has 0 saturated carbocycles. The van der Waals surface area contributed by atoms with E-state index in [9.17, 15) is 30.6 Å². The lowest BCUT2D eigenvalue weighted by Gasteiger charge is -2.43. The van der Waals surface area contributed by atoms with Gasteiger partial charge in [0.05, 0.1) is 12.7 Å². The second kappa shape index (κ2) is 6.18. The summed E-state index contributed by atoms with van der Waals surface area (Å²) in [5.74, 6) is 0. The van der Waals surface area contributed by atoms with Crippen molar-refractivity contribution in [1.29, 1.82) is 0 Å². The summed E-state index contributed by atoms with van der Waals surface area (Å²) in [6.45, 7) is 1.26. The summed E-state index contributed by atoms with van der Waals surface area (Å²) in [5, 5.41) is 57.3. The number of aliphatic hydroxyl groups is 6. The fourth-order valence-corrected chi connectivity index (χ4v) is 2.26. The molecule has 2 fully saturated rings. The fraction of sp³-hybridized carbons (Fsp3) is 1.00. The van der Waals surface area contributed by atoms with Crippen molar-refractivity contribution in [2.24, 2.45) is 0 Å². The summed E-state index contributed by atoms with van der Waals surface area (Å²) in [5.41, 5.74) is 0. The molecule has 0 aromatic heterocycles. The van der Waals surface area contributed by atoms with Gasteiger partial charge in [-0.15, -0.1) is 0 Å². The van der Waals surface area contributed by atoms with E-state index < -0.39 is 55.3 Å². The molecule has 0 spiro atoms. The Kier molecular flexibility index (Phi) is 4.95. The third-order valence-corrected chi connectivity index (χ3v) is 3.54. The quantitative estimate of drug-likeness (QED) is 0.302. The van der Waals surface area contributed by atoms with Crippen LogP contribution in [0.4, 0.5) is 0 Å². The average molecular weight is 296 g/mol. The van der Waals surface area contributed by atoms with E-state index in [1.165, 1.54) is 6.92 Å². The summed E-state index contributed by atoms with van der Waals surface area (Å²) < 4.78 is 15.3. The Morgan fingerprint density at radius 1 is 0.900 bits per heavy atom. The van der Waals surface area contributed by atoms with E-state index in [2.05, 4.69) is 0 Å². The van der Waals surface area contributed by atoms with Crippen molar-refractivity contribution in [2.45, 2.75) is 62.2 Å². The second-order valence-electron chi connectivity index (χ2n) is 5.06. The van der Waals surface area contributed by atoms with Gasteiger partial charge >= 0.3 is 0 Å². The maximum Gasteiger partial charge on any atom is 0.186 e. The molecule has 0 aromatic rings. The van der Waals surface area contributed by atoms with Gasteiger partial charge in [0.25, 0.3) is 0 Å². The third-order valence-electron chi connectivity index (χ3n) is 3.54. The van der Waals surface area contributed by atoms with Crippen LogP contribution in [0.15, 0.2) is 0 Å². The molecule has 1 unspecified atom stereocenters. The molecule has 2 rings (SSSR count). The maximum atomic E-state index is 9.85. The van der Waals surface area contributed by atoms with Crippen molar-refractivity contribution >= 4 is 0 Å². The van der Waals surface area contributed by atoms with Crippen molar-refractivity contribution in [2.75, 3.05) is 6.61 Å². The van der Waals surface area contributed by atoms with Gasteiger partial charge in [0, 0.05) is 0 Å². The molecule has 9 nitrogen and oxygen atoms in total. The van der Waals surface area contributed by atoms with Crippen LogP contribution in [0.1, 0.15) is 6.92 Å². The Labute approximate surface area is 114 Å². The smallest absolute Gasteiger partial charge is 0.186 e. The van der Waals surface area contributed by atoms with Crippen molar-refractivity contribution < 1.29 is 44.8 Å². The summed E-state index contributed by atoms with van der Waals surface area (Å²) in [6, 6.07) is 0. The van der Waals surface area contributed by atoms with E-state index in [1.54, 1.807) is 0 Å². The highest BCUT2D eigenvalue weighted by atomic mass is 16.7. The number of hydrogen-bond donors (Lipinski definition) is 6. The number of aliphatic hydroxyl groups excluding tert-OH is 6. The summed E-state index contributed by atoms with van der Waals surface area (Å²) in [4.78, 5) is 0. The summed E-state index contributed by atoms with van der Waals surface area (Å²) in [7, 11) is 0. The van der Waals surface area contributed by atoms with Crippen LogP contribution in [0.3, 0.4) is 0 Å². The van der Waals surface area contributed by atoms with Crippen LogP contribution in [0.5, 0.6) is 0 Å². The van der Waals surface area contributed by atoms with Crippen LogP contribution in [0, 0.1) is 0 Å². The molecule has 0 bridgehead atoms. The van der Waals surface area contributed by atoms with E-state index in [1.807, 2.05) is 0 Å². The largest absolute Gasteiger partial charge is 0.388 e. The Balaban J connectivity index is 2.01. The summed E-state index contributed by atoms with van der Waals surface area (Å²) >= 11 is 0. The van der Waals surface area contributed by atoms with E-state index in [0.717, 1.165) is 0 Å². The van der Waals surface area contributed by atoms with Gasteiger partial charge in [0.15, 0.2) is 12.6 Å². The van der Waals surface area contributed by atoms with Gasteiger partial charge in [-0.3, -0.25) is 0 Å². The van der Waals surface area contributed by atoms with Crippen molar-refractivity contribution in [3.8, 4) is 0 Å². The second-order valence-corrected chi connectivity index (χ2v) is 5.06. The molecule has 9 atom stereocenters. The highest BCUT2D eigenvalue weighted by molar-refractivity contribution is 4.90. The van der Waals surface area contributed by atoms with E-state index in [0.29, 0.717) is 0 Å². The van der Waals surface area contributed by atoms with E-state index >= 15 is 0 Å². The van der Waals surface area contributed by atoms with Crippen LogP contribution in [0.2, 0.25) is 0 Å². The predicted octanol–water partition coefficient (Wildman–Crippen LogP) is -3.73. The maximum absolute atomic E-state index is 9.85. The molecule has 0 aromatic carbocycles. The first-order valence-corrected chi connectivity index (χ1v) is 6.34. The van der Waals surface area contributed by atoms with Crippen LogP contribution in [0.25, 0.3) is 0 Å². The SMILES string of the molecule is C[C@@H]1OC(O)[C@H](O)[C@H](O)[C@H]1O[C@H]1OC[C@@H](O)[C@H](O)[C@H]1O. The Morgan fingerprint density at radius 2 is 1.55 bits per heavy atom. The van der Waals surface area contributed by atoms with Gasteiger partial charge in [0.2, 0.25) is 0 Å². The molecule has 6 N–H and O–H groups in total. The molecular weight excluding hydrogens is 276 g/mol. The minimum absolute atomic E-state index is 0.244. The zero-order valence-electron chi connectivity index (χ0n) is 10.8. The lowest BCUT2D eigenvalue weighted by molar-refractivity contribution is -0.337. The lowest BCUT2D eigenvalue weighted by Crippen LogP contribution is -2.61. The zero-order valence-corrected chi connectivity index (χ0v) is 10.8. The Morgan fingerprint density at radius 3 is 2.20 bits per heavy atom. The Hall–Kier alpha value is -0.360. The van der Waals surface area contributed by atoms with E-state index in [4.69, 9.17) is 14.2 Å². The summed E-state index contributed by atoms with van der Waals surface area (Å²) in [6.07, 6.45) is -11.9. The number of ether oxygens (including phenoxy) is 3. The standard InChI is InChI=1S/C11H20O9/c1-3-9(6(14)7(15)10(17)19-3)20-11-8(16)5(13)4(12)2-18-11/h3-17H,2H2,1H3/t3-,4+,5-,6-,7+,8+,9-,10?,11+/m0/s1. The van der Waals surface area contributed by atoms with Crippen molar-refractivity contribution in [3.05, 3.63) is 0 Å². The van der Waals surface area contributed by atoms with Crippen LogP contribution in [-0.2, 0) is 14.2 Å². The monoisotopic (exact) mass is 296 g/mol. The highest BCUT2D eigenvalue weighted by Crippen LogP contribution is 2.26. The molecule has 9 heteroatoms. The lowest BCUT2D eigenvalue weighted by atomic mass is 9.99. The van der Waals surface area contributed by atoms with Gasteiger partial charge in [-0.1, -0.05) is 0 Å². The number of rotatable bonds is 2. The van der Waals surface area contributed by atoms with Gasteiger partial charge in [-0.25, -0.2) is 0 Å².